The van der Waals surface area contributed by atoms with Gasteiger partial charge in [-0.1, -0.05) is 0 Å². The van der Waals surface area contributed by atoms with Crippen molar-refractivity contribution in [3.8, 4) is 0 Å². The van der Waals surface area contributed by atoms with Crippen LogP contribution in [0.3, 0.4) is 0 Å². The average Bonchev–Trinajstić information content (AvgIpc) is 1.68. The zero-order valence-corrected chi connectivity index (χ0v) is 4.05. The van der Waals surface area contributed by atoms with Gasteiger partial charge in [0.15, 0.2) is 0 Å². The van der Waals surface area contributed by atoms with Crippen LogP contribution < -0.4 is 17.5 Å². The molecule has 0 rings (SSSR count). The molecule has 0 aliphatic heterocycles. The van der Waals surface area contributed by atoms with Crippen LogP contribution in [0.5, 0.6) is 0 Å². The Hall–Kier alpha value is -0.200. The van der Waals surface area contributed by atoms with E-state index in [1.165, 1.54) is 6.92 Å². The van der Waals surface area contributed by atoms with Crippen LogP contribution in [0.15, 0.2) is 0 Å². The maximum absolute atomic E-state index is 5.02. The van der Waals surface area contributed by atoms with E-state index in [0.29, 0.717) is 0 Å². The van der Waals surface area contributed by atoms with Gasteiger partial charge in [0.05, 0.1) is 0 Å². The zero-order valence-electron chi connectivity index (χ0n) is 4.05. The average molecular weight is 107 g/mol. The van der Waals surface area contributed by atoms with E-state index in [4.69, 9.17) is 5.73 Å². The quantitative estimate of drug-likeness (QED) is 0.291. The largest absolute Gasteiger partial charge is 0.278 e. The fourth-order valence-corrected chi connectivity index (χ4v) is 0.0278. The summed E-state index contributed by atoms with van der Waals surface area (Å²) in [7, 11) is 0. The van der Waals surface area contributed by atoms with Gasteiger partial charge in [0.25, 0.3) is 5.91 Å². The predicted octanol–water partition coefficient (Wildman–Crippen LogP) is -1.60. The number of rotatable bonds is 2. The van der Waals surface area contributed by atoms with Crippen LogP contribution in [-0.4, -0.2) is 5.91 Å². The molecule has 0 aliphatic rings. The van der Waals surface area contributed by atoms with Crippen LogP contribution in [0, 0.1) is 0 Å². The van der Waals surface area contributed by atoms with Gasteiger partial charge in [-0.15, -0.1) is 0 Å². The summed E-state index contributed by atoms with van der Waals surface area (Å²) < 4.78 is 0. The molecule has 0 unspecified atom stereocenters. The molecule has 5 nitrogen and oxygen atoms in total. The lowest BCUT2D eigenvalue weighted by Crippen LogP contribution is -2.46. The highest BCUT2D eigenvalue weighted by Gasteiger charge is 2.15. The minimum absolute atomic E-state index is 1.36. The molecule has 0 saturated heterocycles. The minimum Gasteiger partial charge on any atom is -0.278 e. The van der Waals surface area contributed by atoms with Gasteiger partial charge >= 0.3 is 0 Å². The second kappa shape index (κ2) is 2.20. The van der Waals surface area contributed by atoms with Crippen molar-refractivity contribution in [1.82, 2.24) is 0 Å². The van der Waals surface area contributed by atoms with Crippen molar-refractivity contribution in [3.63, 3.8) is 0 Å². The molecule has 0 fully saturated rings. The summed E-state index contributed by atoms with van der Waals surface area (Å²) in [4.78, 5) is 8.03. The highest BCUT2D eigenvalue weighted by Crippen LogP contribution is 1.92. The summed E-state index contributed by atoms with van der Waals surface area (Å²) in [5, 5.41) is 0. The Bertz CT molecular complexity index is 48.9. The Labute approximate surface area is 41.3 Å². The van der Waals surface area contributed by atoms with Crippen LogP contribution in [0.25, 0.3) is 0 Å². The van der Waals surface area contributed by atoms with E-state index in [9.17, 15) is 0 Å². The van der Waals surface area contributed by atoms with E-state index in [1.54, 1.807) is 0 Å². The molecule has 0 spiro atoms. The van der Waals surface area contributed by atoms with Gasteiger partial charge < -0.3 is 0 Å². The molecular formula is C2H9N3O2. The fourth-order valence-electron chi connectivity index (χ4n) is 0.0278. The Morgan fingerprint density at radius 1 is 1.29 bits per heavy atom. The van der Waals surface area contributed by atoms with Crippen LogP contribution in [0.4, 0.5) is 0 Å². The van der Waals surface area contributed by atoms with Crippen molar-refractivity contribution in [3.05, 3.63) is 0 Å². The van der Waals surface area contributed by atoms with Crippen LogP contribution >= 0.6 is 0 Å². The van der Waals surface area contributed by atoms with Gasteiger partial charge in [-0.3, -0.25) is 15.4 Å². The summed E-state index contributed by atoms with van der Waals surface area (Å²) in [6, 6.07) is 0. The first-order valence-electron chi connectivity index (χ1n) is 1.67. The lowest BCUT2D eigenvalue weighted by Gasteiger charge is -2.16. The Balaban J connectivity index is 3.36. The van der Waals surface area contributed by atoms with Crippen molar-refractivity contribution in [2.45, 2.75) is 12.8 Å². The highest BCUT2D eigenvalue weighted by molar-refractivity contribution is 4.42. The molecular weight excluding hydrogens is 98.0 g/mol. The molecule has 0 radical (unpaired) electrons. The second-order valence-corrected chi connectivity index (χ2v) is 1.25. The molecule has 0 heterocycles. The molecule has 0 aliphatic carbocycles. The van der Waals surface area contributed by atoms with E-state index in [2.05, 4.69) is 21.5 Å². The van der Waals surface area contributed by atoms with Crippen molar-refractivity contribution in [2.75, 3.05) is 0 Å². The number of hydrogen-bond donors (Lipinski definition) is 3. The second-order valence-electron chi connectivity index (χ2n) is 1.25. The lowest BCUT2D eigenvalue weighted by atomic mass is 10.6. The monoisotopic (exact) mass is 107 g/mol. The van der Waals surface area contributed by atoms with E-state index >= 15 is 0 Å². The Morgan fingerprint density at radius 2 is 1.57 bits per heavy atom. The minimum atomic E-state index is -1.36. The molecule has 0 aromatic heterocycles. The molecule has 0 amide bonds. The molecule has 5 heteroatoms. The Kier molecular flexibility index (Phi) is 2.13. The summed E-state index contributed by atoms with van der Waals surface area (Å²) in [5.74, 6) is 7.81. The Morgan fingerprint density at radius 3 is 1.57 bits per heavy atom. The van der Waals surface area contributed by atoms with Gasteiger partial charge in [0, 0.05) is 6.92 Å². The lowest BCUT2D eigenvalue weighted by molar-refractivity contribution is -0.228. The number of nitrogens with two attached hydrogens (primary N) is 3. The first kappa shape index (κ1) is 6.80. The molecule has 0 bridgehead atoms. The molecule has 7 heavy (non-hydrogen) atoms. The van der Waals surface area contributed by atoms with Crippen LogP contribution in [-0.2, 0) is 9.68 Å². The maximum Gasteiger partial charge on any atom is 0.256 e. The predicted molar refractivity (Wildman–Crippen MR) is 23.1 cm³/mol. The van der Waals surface area contributed by atoms with Crippen LogP contribution in [0.1, 0.15) is 6.92 Å². The van der Waals surface area contributed by atoms with E-state index < -0.39 is 5.91 Å². The van der Waals surface area contributed by atoms with Gasteiger partial charge in [0.1, 0.15) is 0 Å². The summed E-state index contributed by atoms with van der Waals surface area (Å²) in [5.41, 5.74) is 5.02. The SMILES string of the molecule is CC(N)(ON)ON. The molecule has 0 saturated carbocycles. The molecule has 0 aromatic carbocycles. The third-order valence-electron chi connectivity index (χ3n) is 0.468. The van der Waals surface area contributed by atoms with Crippen molar-refractivity contribution in [2.24, 2.45) is 17.5 Å². The van der Waals surface area contributed by atoms with Gasteiger partial charge in [-0.05, 0) is 0 Å². The first-order chi connectivity index (χ1) is 3.12. The normalized spacial score (nSPS) is 12.0. The third kappa shape index (κ3) is 2.49. The zero-order chi connectivity index (χ0) is 5.91. The maximum atomic E-state index is 5.02. The highest BCUT2D eigenvalue weighted by atomic mass is 16.8. The van der Waals surface area contributed by atoms with Crippen molar-refractivity contribution >= 4 is 0 Å². The van der Waals surface area contributed by atoms with Crippen molar-refractivity contribution < 1.29 is 9.68 Å². The van der Waals surface area contributed by atoms with E-state index in [1.807, 2.05) is 0 Å². The topological polar surface area (TPSA) is 96.5 Å². The first-order valence-corrected chi connectivity index (χ1v) is 1.67. The molecule has 6 N–H and O–H groups in total. The fraction of sp³-hybridized carbons (Fsp3) is 1.00. The van der Waals surface area contributed by atoms with E-state index in [-0.39, 0.29) is 0 Å². The molecule has 0 aromatic rings. The van der Waals surface area contributed by atoms with Crippen LogP contribution in [0.2, 0.25) is 0 Å². The molecule has 0 atom stereocenters. The third-order valence-corrected chi connectivity index (χ3v) is 0.468. The number of hydrogen-bond acceptors (Lipinski definition) is 5. The summed E-state index contributed by atoms with van der Waals surface area (Å²) in [6.45, 7) is 1.38. The standard InChI is InChI=1S/C2H9N3O2/c1-2(3,6-4)7-5/h3-5H2,1H3. The summed E-state index contributed by atoms with van der Waals surface area (Å²) >= 11 is 0. The van der Waals surface area contributed by atoms with E-state index in [0.717, 1.165) is 0 Å². The van der Waals surface area contributed by atoms with Gasteiger partial charge in [0.2, 0.25) is 0 Å². The van der Waals surface area contributed by atoms with Crippen molar-refractivity contribution in [1.29, 1.82) is 0 Å². The van der Waals surface area contributed by atoms with Gasteiger partial charge in [-0.2, -0.15) is 0 Å². The van der Waals surface area contributed by atoms with Gasteiger partial charge in [-0.25, -0.2) is 11.8 Å². The summed E-state index contributed by atoms with van der Waals surface area (Å²) in [6.07, 6.45) is 0. The smallest absolute Gasteiger partial charge is 0.256 e. The molecule has 44 valence electrons.